The Bertz CT molecular complexity index is 1320. The Morgan fingerprint density at radius 3 is 2.31 bits per heavy atom. The third-order valence-corrected chi connectivity index (χ3v) is 7.12. The van der Waals surface area contributed by atoms with Gasteiger partial charge in [-0.3, -0.25) is 14.5 Å². The predicted molar refractivity (Wildman–Crippen MR) is 124 cm³/mol. The lowest BCUT2D eigenvalue weighted by atomic mass is 10.2. The molecule has 3 aromatic carbocycles. The Hall–Kier alpha value is -3.07. The molecule has 2 amide bonds. The molecule has 0 aliphatic carbocycles. The predicted octanol–water partition coefficient (Wildman–Crippen LogP) is 5.34. The molecule has 0 unspecified atom stereocenters. The zero-order valence-electron chi connectivity index (χ0n) is 16.5. The molecule has 0 aromatic heterocycles. The fourth-order valence-electron chi connectivity index (χ4n) is 3.00. The number of halogens is 1. The highest BCUT2D eigenvalue weighted by Gasteiger charge is 2.35. The van der Waals surface area contributed by atoms with Gasteiger partial charge in [0.15, 0.2) is 0 Å². The molecule has 1 aliphatic heterocycles. The van der Waals surface area contributed by atoms with Gasteiger partial charge in [0.2, 0.25) is 0 Å². The van der Waals surface area contributed by atoms with E-state index in [1.54, 1.807) is 60.7 Å². The fourth-order valence-corrected chi connectivity index (χ4v) is 5.00. The van der Waals surface area contributed by atoms with Crippen molar-refractivity contribution in [2.75, 3.05) is 0 Å². The molecule has 0 bridgehead atoms. The van der Waals surface area contributed by atoms with Crippen molar-refractivity contribution in [2.45, 2.75) is 11.4 Å². The van der Waals surface area contributed by atoms with Gasteiger partial charge in [-0.1, -0.05) is 66.2 Å². The summed E-state index contributed by atoms with van der Waals surface area (Å²) in [7, 11) is -4.06. The summed E-state index contributed by atoms with van der Waals surface area (Å²) in [5.41, 5.74) is 1.01. The summed E-state index contributed by atoms with van der Waals surface area (Å²) < 4.78 is 30.5. The zero-order chi connectivity index (χ0) is 22.7. The van der Waals surface area contributed by atoms with Crippen LogP contribution >= 0.6 is 23.4 Å². The third kappa shape index (κ3) is 4.72. The Labute approximate surface area is 194 Å². The number of hydrogen-bond donors (Lipinski definition) is 0. The van der Waals surface area contributed by atoms with Crippen LogP contribution in [0.3, 0.4) is 0 Å². The number of nitrogens with zero attached hydrogens (tertiary/aromatic N) is 1. The quantitative estimate of drug-likeness (QED) is 0.346. The summed E-state index contributed by atoms with van der Waals surface area (Å²) in [6.07, 6.45) is 1.45. The molecule has 0 spiro atoms. The number of rotatable bonds is 6. The summed E-state index contributed by atoms with van der Waals surface area (Å²) in [6.45, 7) is 0.0439. The second-order valence-corrected chi connectivity index (χ2v) is 9.69. The van der Waals surface area contributed by atoms with E-state index >= 15 is 0 Å². The van der Waals surface area contributed by atoms with Crippen LogP contribution in [-0.2, 0) is 21.5 Å². The zero-order valence-corrected chi connectivity index (χ0v) is 18.9. The lowest BCUT2D eigenvalue weighted by Gasteiger charge is -2.13. The molecule has 32 heavy (non-hydrogen) atoms. The molecule has 0 radical (unpaired) electrons. The van der Waals surface area contributed by atoms with E-state index in [-0.39, 0.29) is 22.1 Å². The summed E-state index contributed by atoms with van der Waals surface area (Å²) in [4.78, 5) is 26.6. The van der Waals surface area contributed by atoms with Crippen molar-refractivity contribution in [1.29, 1.82) is 0 Å². The molecular formula is C23H16ClNO5S2. The molecule has 4 rings (SSSR count). The number of carbonyl (C=O) groups is 2. The molecule has 0 saturated carbocycles. The molecule has 162 valence electrons. The van der Waals surface area contributed by atoms with E-state index in [4.69, 9.17) is 15.8 Å². The minimum absolute atomic E-state index is 0.00914. The molecule has 1 saturated heterocycles. The molecule has 1 heterocycles. The van der Waals surface area contributed by atoms with E-state index in [9.17, 15) is 18.0 Å². The van der Waals surface area contributed by atoms with Gasteiger partial charge < -0.3 is 4.18 Å². The van der Waals surface area contributed by atoms with Gasteiger partial charge in [-0.25, -0.2) is 0 Å². The Balaban J connectivity index is 1.60. The van der Waals surface area contributed by atoms with Crippen LogP contribution in [0.5, 0.6) is 5.75 Å². The Kier molecular flexibility index (Phi) is 6.36. The van der Waals surface area contributed by atoms with E-state index in [0.29, 0.717) is 16.1 Å². The number of para-hydroxylation sites is 1. The highest BCUT2D eigenvalue weighted by Crippen LogP contribution is 2.36. The van der Waals surface area contributed by atoms with Crippen molar-refractivity contribution < 1.29 is 22.2 Å². The molecule has 3 aromatic rings. The van der Waals surface area contributed by atoms with Gasteiger partial charge in [-0.05, 0) is 47.7 Å². The van der Waals surface area contributed by atoms with Crippen LogP contribution in [0.25, 0.3) is 6.08 Å². The number of imide groups is 1. The van der Waals surface area contributed by atoms with E-state index in [1.807, 2.05) is 0 Å². The number of benzene rings is 3. The number of thioether (sulfide) groups is 1. The van der Waals surface area contributed by atoms with Crippen molar-refractivity contribution in [3.8, 4) is 5.75 Å². The maximum Gasteiger partial charge on any atom is 0.339 e. The van der Waals surface area contributed by atoms with Gasteiger partial charge in [-0.15, -0.1) is 0 Å². The minimum atomic E-state index is -4.06. The second-order valence-electron chi connectivity index (χ2n) is 6.75. The van der Waals surface area contributed by atoms with Crippen molar-refractivity contribution >= 4 is 50.7 Å². The van der Waals surface area contributed by atoms with Crippen LogP contribution in [-0.4, -0.2) is 24.5 Å². The smallest absolute Gasteiger partial charge is 0.339 e. The van der Waals surface area contributed by atoms with Crippen molar-refractivity contribution in [2.24, 2.45) is 0 Å². The topological polar surface area (TPSA) is 80.8 Å². The number of amides is 2. The monoisotopic (exact) mass is 485 g/mol. The van der Waals surface area contributed by atoms with Gasteiger partial charge >= 0.3 is 10.1 Å². The first kappa shape index (κ1) is 22.1. The number of carbonyl (C=O) groups excluding carboxylic acids is 2. The Morgan fingerprint density at radius 2 is 1.56 bits per heavy atom. The highest BCUT2D eigenvalue weighted by molar-refractivity contribution is 8.18. The van der Waals surface area contributed by atoms with Crippen molar-refractivity contribution in [3.63, 3.8) is 0 Å². The molecule has 0 N–H and O–H groups in total. The van der Waals surface area contributed by atoms with E-state index in [1.165, 1.54) is 24.3 Å². The van der Waals surface area contributed by atoms with Crippen molar-refractivity contribution in [1.82, 2.24) is 4.90 Å². The van der Waals surface area contributed by atoms with Crippen LogP contribution in [0.1, 0.15) is 11.1 Å². The van der Waals surface area contributed by atoms with Crippen LogP contribution in [0, 0.1) is 0 Å². The van der Waals surface area contributed by atoms with Gasteiger partial charge in [0.1, 0.15) is 10.6 Å². The van der Waals surface area contributed by atoms with E-state index in [0.717, 1.165) is 16.7 Å². The maximum absolute atomic E-state index is 12.9. The fraction of sp³-hybridized carbons (Fsp3) is 0.0435. The summed E-state index contributed by atoms with van der Waals surface area (Å²) in [5, 5.41) is 0.0249. The molecule has 0 atom stereocenters. The van der Waals surface area contributed by atoms with Crippen molar-refractivity contribution in [3.05, 3.63) is 99.9 Å². The van der Waals surface area contributed by atoms with Gasteiger partial charge in [0, 0.05) is 10.6 Å². The van der Waals surface area contributed by atoms with Gasteiger partial charge in [0.25, 0.3) is 11.1 Å². The average molecular weight is 486 g/mol. The van der Waals surface area contributed by atoms with Gasteiger partial charge in [0.05, 0.1) is 11.4 Å². The molecule has 9 heteroatoms. The highest BCUT2D eigenvalue weighted by atomic mass is 35.5. The molecular weight excluding hydrogens is 470 g/mol. The van der Waals surface area contributed by atoms with E-state index in [2.05, 4.69) is 0 Å². The number of hydrogen-bond acceptors (Lipinski definition) is 6. The summed E-state index contributed by atoms with van der Waals surface area (Å²) >= 11 is 6.93. The normalized spacial score (nSPS) is 15.4. The molecule has 1 aliphatic rings. The first-order valence-corrected chi connectivity index (χ1v) is 12.0. The first-order valence-electron chi connectivity index (χ1n) is 9.42. The third-order valence-electron chi connectivity index (χ3n) is 4.60. The second kappa shape index (κ2) is 9.20. The van der Waals surface area contributed by atoms with Gasteiger partial charge in [-0.2, -0.15) is 8.42 Å². The van der Waals surface area contributed by atoms with Crippen LogP contribution < -0.4 is 4.18 Å². The largest absolute Gasteiger partial charge is 0.378 e. The standard InChI is InChI=1S/C23H16ClNO5S2/c24-19-12-6-4-9-17(19)15-25-22(26)21(31-23(25)27)14-16-8-5-7-13-20(16)30-32(28,29)18-10-2-1-3-11-18/h1-14H,15H2/b21-14-. The molecule has 1 fully saturated rings. The Morgan fingerprint density at radius 1 is 0.906 bits per heavy atom. The molecule has 6 nitrogen and oxygen atoms in total. The van der Waals surface area contributed by atoms with Crippen LogP contribution in [0.4, 0.5) is 4.79 Å². The van der Waals surface area contributed by atoms with Crippen LogP contribution in [0.15, 0.2) is 88.7 Å². The SMILES string of the molecule is O=C1S/C(=C\c2ccccc2OS(=O)(=O)c2ccccc2)C(=O)N1Cc1ccccc1Cl. The maximum atomic E-state index is 12.9. The lowest BCUT2D eigenvalue weighted by molar-refractivity contribution is -0.123. The summed E-state index contributed by atoms with van der Waals surface area (Å²) in [5.74, 6) is -0.435. The lowest BCUT2D eigenvalue weighted by Crippen LogP contribution is -2.27. The summed E-state index contributed by atoms with van der Waals surface area (Å²) in [6, 6.07) is 21.1. The minimum Gasteiger partial charge on any atom is -0.378 e. The first-order chi connectivity index (χ1) is 15.3. The van der Waals surface area contributed by atoms with E-state index < -0.39 is 21.3 Å². The van der Waals surface area contributed by atoms with Crippen LogP contribution in [0.2, 0.25) is 5.02 Å². The average Bonchev–Trinajstić information content (AvgIpc) is 3.04.